The Morgan fingerprint density at radius 1 is 1.00 bits per heavy atom. The maximum absolute atomic E-state index is 11.6. The number of ether oxygens (including phenoxy) is 1. The molecule has 2 heterocycles. The van der Waals surface area contributed by atoms with Crippen LogP contribution in [0, 0.1) is 0 Å². The molecular weight excluding hydrogens is 481 g/mol. The smallest absolute Gasteiger partial charge is 0.426 e. The topological polar surface area (TPSA) is 116 Å². The van der Waals surface area contributed by atoms with Crippen LogP contribution in [0.3, 0.4) is 0 Å². The fourth-order valence-electron chi connectivity index (χ4n) is 2.74. The van der Waals surface area contributed by atoms with Crippen molar-refractivity contribution in [3.63, 3.8) is 0 Å². The molecule has 9 nitrogen and oxygen atoms in total. The first-order chi connectivity index (χ1) is 15.0. The quantitative estimate of drug-likeness (QED) is 0.276. The first-order valence-corrected chi connectivity index (χ1v) is 11.2. The first kappa shape index (κ1) is 22.3. The summed E-state index contributed by atoms with van der Waals surface area (Å²) in [6.07, 6.45) is 0. The van der Waals surface area contributed by atoms with E-state index in [1.807, 2.05) is 0 Å². The number of hydrogen-bond acceptors (Lipinski definition) is 7. The van der Waals surface area contributed by atoms with Gasteiger partial charge in [0.15, 0.2) is 5.76 Å². The lowest BCUT2D eigenvalue weighted by Crippen LogP contribution is -2.45. The number of aromatic nitrogens is 2. The molecule has 2 aromatic carbocycles. The molecule has 166 valence electrons. The third-order valence-corrected chi connectivity index (χ3v) is 6.40. The SMILES string of the molecule is C[N+](C)(c1ccc(-c2noc(-c3ccc(Oc4cc(Cl)cc(Cl)c4)o3)n2)cc1)S(=O)(=O)O. The molecule has 0 saturated carbocycles. The van der Waals surface area contributed by atoms with Crippen molar-refractivity contribution in [2.75, 3.05) is 14.1 Å². The van der Waals surface area contributed by atoms with Crippen LogP contribution in [0.1, 0.15) is 0 Å². The summed E-state index contributed by atoms with van der Waals surface area (Å²) in [7, 11) is -1.64. The number of quaternary nitrogens is 1. The molecule has 0 aliphatic heterocycles. The molecule has 0 saturated heterocycles. The highest BCUT2D eigenvalue weighted by Crippen LogP contribution is 2.33. The molecule has 0 bridgehead atoms. The average molecular weight is 497 g/mol. The maximum atomic E-state index is 11.6. The molecule has 12 heteroatoms. The number of halogens is 2. The summed E-state index contributed by atoms with van der Waals surface area (Å²) in [4.78, 5) is 4.30. The lowest BCUT2D eigenvalue weighted by molar-refractivity contribution is 0.342. The van der Waals surface area contributed by atoms with Gasteiger partial charge in [0.25, 0.3) is 11.8 Å². The van der Waals surface area contributed by atoms with Crippen LogP contribution in [0.15, 0.2) is 63.5 Å². The van der Waals surface area contributed by atoms with Crippen LogP contribution in [0.25, 0.3) is 23.0 Å². The molecule has 0 fully saturated rings. The minimum Gasteiger partial charge on any atom is -0.426 e. The number of rotatable bonds is 6. The number of furan rings is 1. The van der Waals surface area contributed by atoms with E-state index in [9.17, 15) is 13.0 Å². The van der Waals surface area contributed by atoms with E-state index >= 15 is 0 Å². The molecule has 0 spiro atoms. The van der Waals surface area contributed by atoms with Crippen LogP contribution < -0.4 is 8.63 Å². The Labute approximate surface area is 193 Å². The van der Waals surface area contributed by atoms with Gasteiger partial charge in [-0.2, -0.15) is 8.87 Å². The third kappa shape index (κ3) is 4.50. The van der Waals surface area contributed by atoms with Crippen molar-refractivity contribution in [1.82, 2.24) is 14.0 Å². The minimum atomic E-state index is -4.34. The van der Waals surface area contributed by atoms with Crippen LogP contribution in [-0.2, 0) is 10.3 Å². The summed E-state index contributed by atoms with van der Waals surface area (Å²) in [5.74, 6) is 1.25. The van der Waals surface area contributed by atoms with Crippen LogP contribution in [-0.4, -0.2) is 37.2 Å². The van der Waals surface area contributed by atoms with Gasteiger partial charge in [-0.15, -0.1) is 8.42 Å². The van der Waals surface area contributed by atoms with Gasteiger partial charge in [0.1, 0.15) is 11.4 Å². The van der Waals surface area contributed by atoms with Crippen LogP contribution >= 0.6 is 23.2 Å². The summed E-state index contributed by atoms with van der Waals surface area (Å²) in [5.41, 5.74) is 0.935. The highest BCUT2D eigenvalue weighted by Gasteiger charge is 2.33. The van der Waals surface area contributed by atoms with Gasteiger partial charge in [0.05, 0.1) is 14.1 Å². The lowest BCUT2D eigenvalue weighted by atomic mass is 10.2. The van der Waals surface area contributed by atoms with Crippen molar-refractivity contribution in [2.45, 2.75) is 0 Å². The Kier molecular flexibility index (Phi) is 5.74. The molecule has 4 rings (SSSR count). The maximum Gasteiger partial charge on any atom is 0.437 e. The van der Waals surface area contributed by atoms with Crippen molar-refractivity contribution in [3.05, 3.63) is 64.6 Å². The largest absolute Gasteiger partial charge is 0.437 e. The summed E-state index contributed by atoms with van der Waals surface area (Å²) in [5, 5.41) is 4.77. The van der Waals surface area contributed by atoms with E-state index in [4.69, 9.17) is 36.9 Å². The molecule has 0 aliphatic carbocycles. The molecule has 0 amide bonds. The Morgan fingerprint density at radius 2 is 1.66 bits per heavy atom. The normalized spacial score (nSPS) is 12.2. The molecule has 32 heavy (non-hydrogen) atoms. The van der Waals surface area contributed by atoms with Gasteiger partial charge in [0.2, 0.25) is 5.82 Å². The summed E-state index contributed by atoms with van der Waals surface area (Å²) in [6.45, 7) is 0. The van der Waals surface area contributed by atoms with E-state index in [0.717, 1.165) is 0 Å². The van der Waals surface area contributed by atoms with Crippen molar-refractivity contribution in [3.8, 4) is 34.7 Å². The predicted octanol–water partition coefficient (Wildman–Crippen LogP) is 5.47. The third-order valence-electron chi connectivity index (χ3n) is 4.60. The number of hydrogen-bond donors (Lipinski definition) is 1. The zero-order valence-electron chi connectivity index (χ0n) is 16.7. The molecule has 1 N–H and O–H groups in total. The van der Waals surface area contributed by atoms with Gasteiger partial charge in [-0.3, -0.25) is 0 Å². The van der Waals surface area contributed by atoms with Gasteiger partial charge < -0.3 is 13.7 Å². The molecular formula is C20H16Cl2N3O6S+. The molecule has 0 radical (unpaired) electrons. The lowest BCUT2D eigenvalue weighted by Gasteiger charge is -2.23. The van der Waals surface area contributed by atoms with Crippen molar-refractivity contribution in [1.29, 1.82) is 0 Å². The van der Waals surface area contributed by atoms with E-state index < -0.39 is 14.2 Å². The van der Waals surface area contributed by atoms with E-state index in [2.05, 4.69) is 10.1 Å². The predicted molar refractivity (Wildman–Crippen MR) is 119 cm³/mol. The molecule has 0 atom stereocenters. The van der Waals surface area contributed by atoms with Gasteiger partial charge >= 0.3 is 10.3 Å². The second kappa shape index (κ2) is 8.23. The van der Waals surface area contributed by atoms with E-state index in [1.54, 1.807) is 54.6 Å². The van der Waals surface area contributed by atoms with Crippen molar-refractivity contribution in [2.24, 2.45) is 0 Å². The Balaban J connectivity index is 1.53. The van der Waals surface area contributed by atoms with Gasteiger partial charge in [-0.05, 0) is 36.4 Å². The van der Waals surface area contributed by atoms with E-state index in [-0.39, 0.29) is 23.4 Å². The minimum absolute atomic E-state index is 0.122. The second-order valence-electron chi connectivity index (χ2n) is 7.09. The average Bonchev–Trinajstić information content (AvgIpc) is 3.36. The zero-order valence-corrected chi connectivity index (χ0v) is 19.0. The second-order valence-corrected chi connectivity index (χ2v) is 9.78. The fourth-order valence-corrected chi connectivity index (χ4v) is 3.63. The van der Waals surface area contributed by atoms with Crippen molar-refractivity contribution >= 4 is 39.2 Å². The van der Waals surface area contributed by atoms with Gasteiger partial charge in [-0.25, -0.2) is 4.55 Å². The molecule has 0 aliphatic rings. The number of nitrogens with zero attached hydrogens (tertiary/aromatic N) is 3. The highest BCUT2D eigenvalue weighted by molar-refractivity contribution is 7.85. The van der Waals surface area contributed by atoms with Crippen LogP contribution in [0.5, 0.6) is 11.7 Å². The molecule has 2 aromatic heterocycles. The number of benzene rings is 2. The fraction of sp³-hybridized carbons (Fsp3) is 0.100. The van der Waals surface area contributed by atoms with Gasteiger partial charge in [-0.1, -0.05) is 28.4 Å². The van der Waals surface area contributed by atoms with Crippen LogP contribution in [0.2, 0.25) is 10.0 Å². The summed E-state index contributed by atoms with van der Waals surface area (Å²) >= 11 is 11.9. The summed E-state index contributed by atoms with van der Waals surface area (Å²) in [6, 6.07) is 14.3. The van der Waals surface area contributed by atoms with E-state index in [1.165, 1.54) is 14.1 Å². The van der Waals surface area contributed by atoms with Gasteiger partial charge in [0, 0.05) is 33.8 Å². The monoisotopic (exact) mass is 496 g/mol. The molecule has 4 aromatic rings. The van der Waals surface area contributed by atoms with E-state index in [0.29, 0.717) is 27.0 Å². The zero-order chi connectivity index (χ0) is 23.1. The Bertz CT molecular complexity index is 1360. The first-order valence-electron chi connectivity index (χ1n) is 9.03. The molecule has 0 unspecified atom stereocenters. The van der Waals surface area contributed by atoms with Crippen LogP contribution in [0.4, 0.5) is 5.69 Å². The Morgan fingerprint density at radius 3 is 2.28 bits per heavy atom. The standard InChI is InChI=1S/C20H15Cl2N3O6S/c1-25(2,32(26,27)28)15-5-3-12(4-6-15)19-23-20(31-24-19)17-7-8-18(30-17)29-16-10-13(21)9-14(22)11-16/h3-11H,1-2H3/p+1. The summed E-state index contributed by atoms with van der Waals surface area (Å²) < 4.78 is 48.3. The highest BCUT2D eigenvalue weighted by atomic mass is 35.5. The van der Waals surface area contributed by atoms with Crippen molar-refractivity contribution < 1.29 is 26.6 Å². The Hall–Kier alpha value is -2.89.